The first-order valence-electron chi connectivity index (χ1n) is 9.31. The van der Waals surface area contributed by atoms with Crippen molar-refractivity contribution in [3.8, 4) is 0 Å². The number of urea groups is 1. The van der Waals surface area contributed by atoms with Crippen LogP contribution in [0.1, 0.15) is 24.0 Å². The van der Waals surface area contributed by atoms with Crippen molar-refractivity contribution in [2.24, 2.45) is 0 Å². The molecule has 3 amide bonds. The average Bonchev–Trinajstić information content (AvgIpc) is 2.89. The Morgan fingerprint density at radius 2 is 1.93 bits per heavy atom. The Balaban J connectivity index is 1.56. The van der Waals surface area contributed by atoms with E-state index in [0.717, 1.165) is 29.4 Å². The van der Waals surface area contributed by atoms with Gasteiger partial charge < -0.3 is 24.3 Å². The number of likely N-dealkylation sites (tertiary alicyclic amines) is 1. The maximum atomic E-state index is 12.9. The number of amides is 3. The van der Waals surface area contributed by atoms with Crippen LogP contribution in [0.15, 0.2) is 27.4 Å². The van der Waals surface area contributed by atoms with Gasteiger partial charge in [0.25, 0.3) is 0 Å². The van der Waals surface area contributed by atoms with Crippen LogP contribution in [0.3, 0.4) is 0 Å². The number of nitrogens with one attached hydrogen (secondary N) is 1. The van der Waals surface area contributed by atoms with E-state index in [1.807, 2.05) is 19.9 Å². The van der Waals surface area contributed by atoms with Gasteiger partial charge in [-0.3, -0.25) is 0 Å². The Hall–Kier alpha value is -3.03. The van der Waals surface area contributed by atoms with Crippen molar-refractivity contribution in [2.75, 3.05) is 32.0 Å². The number of carbonyl (C=O) groups excluding carboxylic acids is 2. The lowest BCUT2D eigenvalue weighted by Crippen LogP contribution is -2.53. The van der Waals surface area contributed by atoms with E-state index in [1.165, 1.54) is 6.07 Å². The molecule has 1 spiro atoms. The predicted octanol–water partition coefficient (Wildman–Crippen LogP) is 2.86. The van der Waals surface area contributed by atoms with E-state index in [1.54, 1.807) is 22.9 Å². The van der Waals surface area contributed by atoms with Crippen LogP contribution in [-0.2, 0) is 4.74 Å². The van der Waals surface area contributed by atoms with Crippen molar-refractivity contribution < 1.29 is 18.7 Å². The normalized spacial score (nSPS) is 22.0. The minimum Gasteiger partial charge on any atom is -0.439 e. The quantitative estimate of drug-likeness (QED) is 0.762. The van der Waals surface area contributed by atoms with E-state index in [9.17, 15) is 14.4 Å². The summed E-state index contributed by atoms with van der Waals surface area (Å²) in [5.41, 5.74) is 1.73. The topological polar surface area (TPSA) is 92.1 Å². The highest BCUT2D eigenvalue weighted by Gasteiger charge is 2.47. The fraction of sp³-hybridized carbons (Fsp3) is 0.450. The minimum absolute atomic E-state index is 0.234. The molecule has 2 aliphatic rings. The number of anilines is 1. The predicted molar refractivity (Wildman–Crippen MR) is 104 cm³/mol. The van der Waals surface area contributed by atoms with Crippen molar-refractivity contribution >= 4 is 28.8 Å². The van der Waals surface area contributed by atoms with Gasteiger partial charge in [-0.25, -0.2) is 14.4 Å². The van der Waals surface area contributed by atoms with Gasteiger partial charge in [0, 0.05) is 30.7 Å². The van der Waals surface area contributed by atoms with Gasteiger partial charge in [0.1, 0.15) is 11.2 Å². The molecule has 2 fully saturated rings. The number of carbonyl (C=O) groups is 2. The molecular formula is C20H23N3O5. The third-order valence-electron chi connectivity index (χ3n) is 5.51. The first kappa shape index (κ1) is 18.3. The zero-order valence-electron chi connectivity index (χ0n) is 16.2. The molecule has 0 bridgehead atoms. The summed E-state index contributed by atoms with van der Waals surface area (Å²) >= 11 is 0. The number of nitrogens with zero attached hydrogens (tertiary/aromatic N) is 2. The van der Waals surface area contributed by atoms with Crippen LogP contribution in [0.25, 0.3) is 11.0 Å². The van der Waals surface area contributed by atoms with E-state index < -0.39 is 11.2 Å². The fourth-order valence-corrected chi connectivity index (χ4v) is 4.07. The summed E-state index contributed by atoms with van der Waals surface area (Å²) < 4.78 is 10.8. The van der Waals surface area contributed by atoms with Gasteiger partial charge in [0.15, 0.2) is 0 Å². The van der Waals surface area contributed by atoms with Crippen molar-refractivity contribution in [1.82, 2.24) is 9.80 Å². The fourth-order valence-electron chi connectivity index (χ4n) is 4.07. The Morgan fingerprint density at radius 1 is 1.14 bits per heavy atom. The van der Waals surface area contributed by atoms with Gasteiger partial charge in [0.2, 0.25) is 0 Å². The molecule has 1 N–H and O–H groups in total. The van der Waals surface area contributed by atoms with E-state index in [4.69, 9.17) is 9.15 Å². The van der Waals surface area contributed by atoms with Gasteiger partial charge in [0.05, 0.1) is 13.1 Å². The second-order valence-electron chi connectivity index (χ2n) is 7.77. The molecule has 1 aromatic heterocycles. The number of likely N-dealkylation sites (N-methyl/N-ethyl adjacent to an activating group) is 1. The summed E-state index contributed by atoms with van der Waals surface area (Å²) in [6, 6.07) is 4.78. The second kappa shape index (κ2) is 6.54. The first-order chi connectivity index (χ1) is 13.3. The number of ether oxygens (including phenoxy) is 1. The Morgan fingerprint density at radius 3 is 2.64 bits per heavy atom. The van der Waals surface area contributed by atoms with Crippen LogP contribution in [-0.4, -0.2) is 54.2 Å². The van der Waals surface area contributed by atoms with Crippen molar-refractivity contribution in [3.05, 3.63) is 39.7 Å². The number of hydrogen-bond donors (Lipinski definition) is 1. The summed E-state index contributed by atoms with van der Waals surface area (Å²) in [5, 5.41) is 3.74. The van der Waals surface area contributed by atoms with E-state index >= 15 is 0 Å². The zero-order chi connectivity index (χ0) is 20.1. The van der Waals surface area contributed by atoms with Gasteiger partial charge >= 0.3 is 17.7 Å². The lowest BCUT2D eigenvalue weighted by Gasteiger charge is -2.38. The maximum absolute atomic E-state index is 12.9. The average molecular weight is 385 g/mol. The molecule has 0 aliphatic carbocycles. The molecule has 0 radical (unpaired) electrons. The Bertz CT molecular complexity index is 1030. The molecule has 2 aromatic rings. The summed E-state index contributed by atoms with van der Waals surface area (Å²) in [6.45, 7) is 5.15. The second-order valence-corrected chi connectivity index (χ2v) is 7.77. The minimum atomic E-state index is -0.625. The number of hydrogen-bond acceptors (Lipinski definition) is 5. The molecule has 1 aromatic carbocycles. The summed E-state index contributed by atoms with van der Waals surface area (Å²) in [5.74, 6) is 0. The highest BCUT2D eigenvalue weighted by molar-refractivity contribution is 5.94. The zero-order valence-corrected chi connectivity index (χ0v) is 16.2. The van der Waals surface area contributed by atoms with Crippen LogP contribution in [0.5, 0.6) is 0 Å². The van der Waals surface area contributed by atoms with Crippen LogP contribution >= 0.6 is 0 Å². The monoisotopic (exact) mass is 385 g/mol. The molecule has 0 unspecified atom stereocenters. The number of rotatable bonds is 1. The lowest BCUT2D eigenvalue weighted by molar-refractivity contribution is 0.00497. The molecule has 8 heteroatoms. The first-order valence-corrected chi connectivity index (χ1v) is 9.31. The van der Waals surface area contributed by atoms with Crippen molar-refractivity contribution in [2.45, 2.75) is 32.3 Å². The summed E-state index contributed by atoms with van der Waals surface area (Å²) in [7, 11) is 1.70. The standard InChI is InChI=1S/C20H23N3O5/c1-12-8-17(24)27-16-7-13(2)15(9-14(12)16)21-18(25)23-6-4-5-20(11-23)10-22(3)19(26)28-20/h7-9H,4-6,10-11H2,1-3H3,(H,21,25)/t20-/m1/s1. The molecule has 1 atom stereocenters. The van der Waals surface area contributed by atoms with E-state index in [-0.39, 0.29) is 12.1 Å². The Labute approximate surface area is 162 Å². The molecule has 8 nitrogen and oxygen atoms in total. The molecule has 4 rings (SSSR count). The van der Waals surface area contributed by atoms with Crippen molar-refractivity contribution in [3.63, 3.8) is 0 Å². The summed E-state index contributed by atoms with van der Waals surface area (Å²) in [6.07, 6.45) is 1.18. The smallest absolute Gasteiger partial charge is 0.410 e. The molecule has 3 heterocycles. The maximum Gasteiger partial charge on any atom is 0.410 e. The number of aryl methyl sites for hydroxylation is 2. The highest BCUT2D eigenvalue weighted by atomic mass is 16.6. The van der Waals surface area contributed by atoms with E-state index in [2.05, 4.69) is 5.32 Å². The third kappa shape index (κ3) is 3.19. The van der Waals surface area contributed by atoms with Crippen LogP contribution in [0.2, 0.25) is 0 Å². The number of benzene rings is 1. The molecule has 2 aliphatic heterocycles. The van der Waals surface area contributed by atoms with Crippen LogP contribution < -0.4 is 10.9 Å². The van der Waals surface area contributed by atoms with Gasteiger partial charge in [-0.1, -0.05) is 0 Å². The third-order valence-corrected chi connectivity index (χ3v) is 5.51. The lowest BCUT2D eigenvalue weighted by atomic mass is 9.93. The largest absolute Gasteiger partial charge is 0.439 e. The number of piperidine rings is 1. The van der Waals surface area contributed by atoms with Crippen molar-refractivity contribution in [1.29, 1.82) is 0 Å². The molecule has 28 heavy (non-hydrogen) atoms. The molecule has 2 saturated heterocycles. The SMILES string of the molecule is Cc1cc2oc(=O)cc(C)c2cc1NC(=O)N1CCC[C@@]2(CN(C)C(=O)O2)C1. The van der Waals surface area contributed by atoms with E-state index in [0.29, 0.717) is 30.9 Å². The van der Waals surface area contributed by atoms with Crippen LogP contribution in [0.4, 0.5) is 15.3 Å². The molecule has 148 valence electrons. The van der Waals surface area contributed by atoms with Gasteiger partial charge in [-0.15, -0.1) is 0 Å². The van der Waals surface area contributed by atoms with Crippen LogP contribution in [0, 0.1) is 13.8 Å². The highest BCUT2D eigenvalue weighted by Crippen LogP contribution is 2.32. The van der Waals surface area contributed by atoms with Gasteiger partial charge in [-0.05, 0) is 49.9 Å². The number of fused-ring (bicyclic) bond motifs is 1. The Kier molecular flexibility index (Phi) is 4.28. The molecular weight excluding hydrogens is 362 g/mol. The molecule has 0 saturated carbocycles. The summed E-state index contributed by atoms with van der Waals surface area (Å²) in [4.78, 5) is 39.5. The van der Waals surface area contributed by atoms with Gasteiger partial charge in [-0.2, -0.15) is 0 Å².